The Morgan fingerprint density at radius 2 is 1.86 bits per heavy atom. The van der Waals surface area contributed by atoms with Gasteiger partial charge in [0.1, 0.15) is 11.6 Å². The molecule has 2 rings (SSSR count). The minimum Gasteiger partial charge on any atom is -0.464 e. The van der Waals surface area contributed by atoms with Crippen LogP contribution in [-0.4, -0.2) is 18.1 Å². The number of hydrogen-bond acceptors (Lipinski definition) is 5. The number of carbonyl (C=O) groups excluding carboxylic acids is 1. The fraction of sp³-hybridized carbons (Fsp3) is 0.0769. The Hall–Kier alpha value is -2.41. The second-order valence-corrected chi connectivity index (χ2v) is 4.48. The van der Waals surface area contributed by atoms with Crippen LogP contribution in [0, 0.1) is 11.6 Å². The summed E-state index contributed by atoms with van der Waals surface area (Å²) in [5.41, 5.74) is 10.0. The smallest absolute Gasteiger partial charge is 0.358 e. The Balaban J connectivity index is 2.68. The first kappa shape index (κ1) is 15.0. The number of carbonyl (C=O) groups is 1. The number of pyridine rings is 1. The summed E-state index contributed by atoms with van der Waals surface area (Å²) < 4.78 is 31.9. The third kappa shape index (κ3) is 2.73. The van der Waals surface area contributed by atoms with E-state index >= 15 is 0 Å². The Labute approximate surface area is 123 Å². The highest BCUT2D eigenvalue weighted by molar-refractivity contribution is 6.35. The minimum absolute atomic E-state index is 0.0151. The average Bonchev–Trinajstić information content (AvgIpc) is 2.45. The summed E-state index contributed by atoms with van der Waals surface area (Å²) in [6.45, 7) is 0. The molecule has 0 aliphatic rings. The van der Waals surface area contributed by atoms with Crippen LogP contribution in [0.25, 0.3) is 11.3 Å². The zero-order valence-corrected chi connectivity index (χ0v) is 11.5. The number of nitrogens with zero attached hydrogens (tertiary/aromatic N) is 1. The highest BCUT2D eigenvalue weighted by Crippen LogP contribution is 2.31. The van der Waals surface area contributed by atoms with Gasteiger partial charge in [-0.25, -0.2) is 18.6 Å². The molecule has 0 unspecified atom stereocenters. The molecule has 0 amide bonds. The predicted octanol–water partition coefficient (Wildman–Crippen LogP) is 2.63. The van der Waals surface area contributed by atoms with E-state index in [-0.39, 0.29) is 33.3 Å². The summed E-state index contributed by atoms with van der Waals surface area (Å²) in [6, 6.07) is 2.90. The van der Waals surface area contributed by atoms with Crippen molar-refractivity contribution in [3.63, 3.8) is 0 Å². The lowest BCUT2D eigenvalue weighted by Gasteiger charge is -2.10. The van der Waals surface area contributed by atoms with Crippen LogP contribution in [0.1, 0.15) is 10.5 Å². The Morgan fingerprint density at radius 3 is 2.48 bits per heavy atom. The fourth-order valence-electron chi connectivity index (χ4n) is 1.68. The first-order valence-corrected chi connectivity index (χ1v) is 6.02. The largest absolute Gasteiger partial charge is 0.464 e. The van der Waals surface area contributed by atoms with Crippen molar-refractivity contribution in [2.24, 2.45) is 0 Å². The molecule has 0 aliphatic carbocycles. The molecule has 1 aromatic carbocycles. The van der Waals surface area contributed by atoms with Gasteiger partial charge in [0, 0.05) is 11.6 Å². The molecule has 5 nitrogen and oxygen atoms in total. The number of nitrogens with two attached hydrogens (primary N) is 2. The van der Waals surface area contributed by atoms with Crippen molar-refractivity contribution >= 4 is 28.9 Å². The number of nitrogen functional groups attached to an aromatic ring is 2. The van der Waals surface area contributed by atoms with E-state index in [0.717, 1.165) is 19.2 Å². The average molecular weight is 314 g/mol. The summed E-state index contributed by atoms with van der Waals surface area (Å²) in [5, 5.41) is -0.123. The summed E-state index contributed by atoms with van der Waals surface area (Å²) >= 11 is 5.85. The van der Waals surface area contributed by atoms with Crippen molar-refractivity contribution in [3.8, 4) is 11.3 Å². The first-order chi connectivity index (χ1) is 9.85. The van der Waals surface area contributed by atoms with E-state index in [1.807, 2.05) is 0 Å². The normalized spacial score (nSPS) is 10.5. The fourth-order valence-corrected chi connectivity index (χ4v) is 1.85. The number of rotatable bonds is 2. The van der Waals surface area contributed by atoms with Crippen LogP contribution < -0.4 is 11.5 Å². The van der Waals surface area contributed by atoms with Crippen molar-refractivity contribution in [2.75, 3.05) is 18.6 Å². The van der Waals surface area contributed by atoms with E-state index in [1.54, 1.807) is 0 Å². The lowest BCUT2D eigenvalue weighted by atomic mass is 10.1. The van der Waals surface area contributed by atoms with Crippen LogP contribution in [0.15, 0.2) is 18.2 Å². The Kier molecular flexibility index (Phi) is 3.95. The highest BCUT2D eigenvalue weighted by atomic mass is 35.5. The standard InChI is InChI=1S/C13H10ClF2N3O2/c1-21-13(20)12-11(14)9(18)4-10(19-12)5-2-7(16)8(17)3-6(5)15/h2-4H,17H2,1H3,(H2,18,19). The summed E-state index contributed by atoms with van der Waals surface area (Å²) in [7, 11) is 1.13. The molecule has 0 fully saturated rings. The number of hydrogen-bond donors (Lipinski definition) is 2. The van der Waals surface area contributed by atoms with Gasteiger partial charge in [-0.1, -0.05) is 11.6 Å². The number of benzene rings is 1. The molecule has 1 heterocycles. The van der Waals surface area contributed by atoms with Gasteiger partial charge in [0.05, 0.1) is 29.2 Å². The predicted molar refractivity (Wildman–Crippen MR) is 74.8 cm³/mol. The van der Waals surface area contributed by atoms with Crippen molar-refractivity contribution in [1.82, 2.24) is 4.98 Å². The van der Waals surface area contributed by atoms with E-state index in [1.165, 1.54) is 6.07 Å². The maximum Gasteiger partial charge on any atom is 0.358 e. The number of ether oxygens (including phenoxy) is 1. The SMILES string of the molecule is COC(=O)c1nc(-c2cc(F)c(N)cc2F)cc(N)c1Cl. The maximum absolute atomic E-state index is 13.9. The van der Waals surface area contributed by atoms with Crippen molar-refractivity contribution in [2.45, 2.75) is 0 Å². The summed E-state index contributed by atoms with van der Waals surface area (Å²) in [6.07, 6.45) is 0. The third-order valence-electron chi connectivity index (χ3n) is 2.73. The van der Waals surface area contributed by atoms with Crippen LogP contribution >= 0.6 is 11.6 Å². The second-order valence-electron chi connectivity index (χ2n) is 4.10. The van der Waals surface area contributed by atoms with Crippen LogP contribution in [-0.2, 0) is 4.74 Å². The van der Waals surface area contributed by atoms with E-state index < -0.39 is 17.6 Å². The van der Waals surface area contributed by atoms with E-state index in [0.29, 0.717) is 0 Å². The molecule has 110 valence electrons. The Morgan fingerprint density at radius 1 is 1.19 bits per heavy atom. The van der Waals surface area contributed by atoms with Gasteiger partial charge in [0.2, 0.25) is 0 Å². The summed E-state index contributed by atoms with van der Waals surface area (Å²) in [4.78, 5) is 15.4. The molecule has 0 saturated carbocycles. The molecule has 0 aliphatic heterocycles. The van der Waals surface area contributed by atoms with E-state index in [2.05, 4.69) is 9.72 Å². The van der Waals surface area contributed by atoms with Gasteiger partial charge in [-0.15, -0.1) is 0 Å². The van der Waals surface area contributed by atoms with Gasteiger partial charge in [-0.05, 0) is 12.1 Å². The summed E-state index contributed by atoms with van der Waals surface area (Å²) in [5.74, 6) is -2.47. The maximum atomic E-state index is 13.9. The molecule has 0 spiro atoms. The van der Waals surface area contributed by atoms with Gasteiger partial charge in [-0.2, -0.15) is 0 Å². The van der Waals surface area contributed by atoms with Crippen molar-refractivity contribution in [3.05, 3.63) is 40.6 Å². The second kappa shape index (κ2) is 5.53. The first-order valence-electron chi connectivity index (χ1n) is 5.64. The van der Waals surface area contributed by atoms with E-state index in [9.17, 15) is 13.6 Å². The zero-order chi connectivity index (χ0) is 15.7. The van der Waals surface area contributed by atoms with Gasteiger partial charge < -0.3 is 16.2 Å². The molecule has 0 saturated heterocycles. The van der Waals surface area contributed by atoms with Crippen LogP contribution in [0.3, 0.4) is 0 Å². The number of methoxy groups -OCH3 is 1. The number of aromatic nitrogens is 1. The molecular weight excluding hydrogens is 304 g/mol. The zero-order valence-electron chi connectivity index (χ0n) is 10.8. The molecule has 8 heteroatoms. The lowest BCUT2D eigenvalue weighted by molar-refractivity contribution is 0.0594. The van der Waals surface area contributed by atoms with Crippen LogP contribution in [0.4, 0.5) is 20.2 Å². The van der Waals surface area contributed by atoms with E-state index in [4.69, 9.17) is 23.1 Å². The molecule has 0 radical (unpaired) electrons. The molecule has 21 heavy (non-hydrogen) atoms. The van der Waals surface area contributed by atoms with Gasteiger partial charge in [0.15, 0.2) is 5.69 Å². The number of halogens is 3. The minimum atomic E-state index is -0.843. The molecular formula is C13H10ClF2N3O2. The number of anilines is 2. The lowest BCUT2D eigenvalue weighted by Crippen LogP contribution is -2.08. The third-order valence-corrected chi connectivity index (χ3v) is 3.12. The van der Waals surface area contributed by atoms with Crippen molar-refractivity contribution in [1.29, 1.82) is 0 Å². The molecule has 0 atom stereocenters. The number of esters is 1. The topological polar surface area (TPSA) is 91.2 Å². The van der Waals surface area contributed by atoms with Gasteiger partial charge >= 0.3 is 5.97 Å². The molecule has 4 N–H and O–H groups in total. The van der Waals surface area contributed by atoms with Crippen molar-refractivity contribution < 1.29 is 18.3 Å². The molecule has 2 aromatic rings. The highest BCUT2D eigenvalue weighted by Gasteiger charge is 2.19. The quantitative estimate of drug-likeness (QED) is 0.657. The van der Waals surface area contributed by atoms with Gasteiger partial charge in [0.25, 0.3) is 0 Å². The van der Waals surface area contributed by atoms with Crippen LogP contribution in [0.2, 0.25) is 5.02 Å². The Bertz CT molecular complexity index is 738. The molecule has 0 bridgehead atoms. The monoisotopic (exact) mass is 313 g/mol. The van der Waals surface area contributed by atoms with Crippen LogP contribution in [0.5, 0.6) is 0 Å². The van der Waals surface area contributed by atoms with Gasteiger partial charge in [-0.3, -0.25) is 0 Å². The molecule has 1 aromatic heterocycles.